The van der Waals surface area contributed by atoms with Crippen molar-refractivity contribution >= 4 is 33.6 Å². The smallest absolute Gasteiger partial charge is 0.858 e. The van der Waals surface area contributed by atoms with Crippen LogP contribution in [0.15, 0.2) is 52.3 Å². The normalized spacial score (nSPS) is 12.9. The van der Waals surface area contributed by atoms with Crippen LogP contribution in [0.3, 0.4) is 0 Å². The topological polar surface area (TPSA) is 69.6 Å². The molecular formula is C16H9ClF4NNaO3S. The van der Waals surface area contributed by atoms with Gasteiger partial charge in [-0.1, -0.05) is 29.8 Å². The molecule has 0 radical (unpaired) electrons. The Morgan fingerprint density at radius 1 is 1.15 bits per heavy atom. The molecular weight excluding hydrogens is 421 g/mol. The third-order valence-electron chi connectivity index (χ3n) is 3.01. The molecule has 0 unspecified atom stereocenters. The second kappa shape index (κ2) is 9.20. The summed E-state index contributed by atoms with van der Waals surface area (Å²) in [4.78, 5) is 0. The van der Waals surface area contributed by atoms with Crippen molar-refractivity contribution in [3.63, 3.8) is 0 Å². The minimum Gasteiger partial charge on any atom is -0.858 e. The van der Waals surface area contributed by atoms with Crippen LogP contribution in [0.5, 0.6) is 0 Å². The zero-order chi connectivity index (χ0) is 19.5. The van der Waals surface area contributed by atoms with Gasteiger partial charge in [-0.25, -0.2) is 4.39 Å². The first-order valence-electron chi connectivity index (χ1n) is 6.81. The molecule has 0 atom stereocenters. The fourth-order valence-corrected chi connectivity index (χ4v) is 2.83. The van der Waals surface area contributed by atoms with Crippen LogP contribution in [0.25, 0.3) is 6.08 Å². The SMILES string of the molecule is O=S(=O)(/C=C/c1cccc(Cl)c1)/N=C(\[O-])c1ccc(F)cc1C(F)(F)F.[Na+]. The van der Waals surface area contributed by atoms with E-state index in [0.29, 0.717) is 28.1 Å². The van der Waals surface area contributed by atoms with Crippen molar-refractivity contribution in [2.45, 2.75) is 6.18 Å². The van der Waals surface area contributed by atoms with Crippen LogP contribution < -0.4 is 34.7 Å². The Hall–Kier alpha value is -1.39. The van der Waals surface area contributed by atoms with Crippen molar-refractivity contribution in [3.05, 3.63) is 75.4 Å². The van der Waals surface area contributed by atoms with Crippen LogP contribution in [0.2, 0.25) is 5.02 Å². The van der Waals surface area contributed by atoms with Crippen LogP contribution in [-0.2, 0) is 16.2 Å². The van der Waals surface area contributed by atoms with Crippen LogP contribution in [-0.4, -0.2) is 14.3 Å². The summed E-state index contributed by atoms with van der Waals surface area (Å²) in [5.41, 5.74) is -2.31. The molecule has 2 aromatic carbocycles. The van der Waals surface area contributed by atoms with Crippen molar-refractivity contribution in [2.24, 2.45) is 4.40 Å². The minimum absolute atomic E-state index is 0. The number of hydrogen-bond donors (Lipinski definition) is 0. The summed E-state index contributed by atoms with van der Waals surface area (Å²) in [6.07, 6.45) is -3.98. The average Bonchev–Trinajstić information content (AvgIpc) is 2.52. The maximum atomic E-state index is 13.0. The number of alkyl halides is 3. The van der Waals surface area contributed by atoms with E-state index >= 15 is 0 Å². The molecule has 0 aliphatic carbocycles. The summed E-state index contributed by atoms with van der Waals surface area (Å²) >= 11 is 5.73. The second-order valence-corrected chi connectivity index (χ2v) is 6.88. The van der Waals surface area contributed by atoms with E-state index in [2.05, 4.69) is 4.40 Å². The predicted octanol–water partition coefficient (Wildman–Crippen LogP) is 0.609. The summed E-state index contributed by atoms with van der Waals surface area (Å²) in [6, 6.07) is 7.27. The van der Waals surface area contributed by atoms with Gasteiger partial charge in [0, 0.05) is 10.9 Å². The van der Waals surface area contributed by atoms with Gasteiger partial charge in [0.25, 0.3) is 10.0 Å². The van der Waals surface area contributed by atoms with E-state index in [0.717, 1.165) is 6.08 Å². The first kappa shape index (κ1) is 23.6. The first-order chi connectivity index (χ1) is 12.0. The van der Waals surface area contributed by atoms with Crippen molar-refractivity contribution in [1.82, 2.24) is 0 Å². The van der Waals surface area contributed by atoms with Crippen molar-refractivity contribution in [2.75, 3.05) is 0 Å². The molecule has 0 aliphatic rings. The van der Waals surface area contributed by atoms with E-state index in [1.807, 2.05) is 0 Å². The molecule has 0 aliphatic heterocycles. The summed E-state index contributed by atoms with van der Waals surface area (Å²) in [5.74, 6) is -2.88. The number of rotatable bonds is 4. The number of sulfonamides is 1. The molecule has 11 heteroatoms. The molecule has 0 N–H and O–H groups in total. The molecule has 2 aromatic rings. The van der Waals surface area contributed by atoms with Gasteiger partial charge in [0.05, 0.1) is 11.0 Å². The third kappa shape index (κ3) is 6.93. The van der Waals surface area contributed by atoms with Crippen molar-refractivity contribution in [3.8, 4) is 0 Å². The fraction of sp³-hybridized carbons (Fsp3) is 0.0625. The largest absolute Gasteiger partial charge is 1.00 e. The molecule has 27 heavy (non-hydrogen) atoms. The maximum absolute atomic E-state index is 13.0. The zero-order valence-corrected chi connectivity index (χ0v) is 17.2. The Kier molecular flexibility index (Phi) is 8.06. The zero-order valence-electron chi connectivity index (χ0n) is 13.7. The van der Waals surface area contributed by atoms with E-state index < -0.39 is 39.0 Å². The molecule has 0 spiro atoms. The molecule has 0 aromatic heterocycles. The Morgan fingerprint density at radius 3 is 2.41 bits per heavy atom. The number of nitrogens with zero attached hydrogens (tertiary/aromatic N) is 1. The monoisotopic (exact) mass is 429 g/mol. The number of halogens is 5. The maximum Gasteiger partial charge on any atom is 1.00 e. The van der Waals surface area contributed by atoms with Gasteiger partial charge in [0.2, 0.25) is 0 Å². The average molecular weight is 430 g/mol. The van der Waals surface area contributed by atoms with Gasteiger partial charge in [-0.15, -0.1) is 0 Å². The van der Waals surface area contributed by atoms with Gasteiger partial charge >= 0.3 is 35.7 Å². The van der Waals surface area contributed by atoms with Gasteiger partial charge in [-0.3, -0.25) is 0 Å². The second-order valence-electron chi connectivity index (χ2n) is 4.96. The van der Waals surface area contributed by atoms with E-state index in [9.17, 15) is 31.1 Å². The molecule has 4 nitrogen and oxygen atoms in total. The molecule has 2 rings (SSSR count). The summed E-state index contributed by atoms with van der Waals surface area (Å²) in [5, 5.41) is 12.8. The summed E-state index contributed by atoms with van der Waals surface area (Å²) in [7, 11) is -4.52. The Bertz CT molecular complexity index is 991. The molecule has 0 amide bonds. The van der Waals surface area contributed by atoms with Crippen molar-refractivity contribution < 1.29 is 60.6 Å². The molecule has 0 saturated heterocycles. The fourth-order valence-electron chi connectivity index (χ4n) is 1.91. The van der Waals surface area contributed by atoms with E-state index in [4.69, 9.17) is 11.6 Å². The standard InChI is InChI=1S/C16H10ClF4NO3S.Na/c17-11-3-1-2-10(8-11)6-7-26(24,25)22-15(23)13-5-4-12(18)9-14(13)16(19,20)21;/h1-9H,(H,22,23);/q;+1/p-1/b7-6+;. The number of benzene rings is 2. The van der Waals surface area contributed by atoms with Gasteiger partial charge < -0.3 is 5.11 Å². The molecule has 0 heterocycles. The van der Waals surface area contributed by atoms with Gasteiger partial charge in [-0.05, 0) is 41.5 Å². The first-order valence-corrected chi connectivity index (χ1v) is 8.69. The third-order valence-corrected chi connectivity index (χ3v) is 4.14. The van der Waals surface area contributed by atoms with Gasteiger partial charge in [0.1, 0.15) is 5.82 Å². The van der Waals surface area contributed by atoms with E-state index in [1.165, 1.54) is 12.1 Å². The summed E-state index contributed by atoms with van der Waals surface area (Å²) < 4.78 is 78.2. The van der Waals surface area contributed by atoms with Gasteiger partial charge in [0.15, 0.2) is 0 Å². The predicted molar refractivity (Wildman–Crippen MR) is 87.3 cm³/mol. The molecule has 0 bridgehead atoms. The van der Waals surface area contributed by atoms with Crippen LogP contribution >= 0.6 is 11.6 Å². The van der Waals surface area contributed by atoms with E-state index in [-0.39, 0.29) is 35.6 Å². The number of hydrogen-bond acceptors (Lipinski definition) is 3. The van der Waals surface area contributed by atoms with Crippen LogP contribution in [0, 0.1) is 5.82 Å². The Labute approximate surface area is 179 Å². The quantitative estimate of drug-likeness (QED) is 0.309. The Balaban J connectivity index is 0.00000364. The molecule has 0 fully saturated rings. The van der Waals surface area contributed by atoms with Crippen LogP contribution in [0.4, 0.5) is 17.6 Å². The van der Waals surface area contributed by atoms with E-state index in [1.54, 1.807) is 12.1 Å². The molecule has 138 valence electrons. The van der Waals surface area contributed by atoms with Crippen LogP contribution in [0.1, 0.15) is 16.7 Å². The van der Waals surface area contributed by atoms with Crippen molar-refractivity contribution in [1.29, 1.82) is 0 Å². The minimum atomic E-state index is -5.05. The Morgan fingerprint density at radius 2 is 1.81 bits per heavy atom. The van der Waals surface area contributed by atoms with Gasteiger partial charge in [-0.2, -0.15) is 26.0 Å². The molecule has 0 saturated carbocycles. The summed E-state index contributed by atoms with van der Waals surface area (Å²) in [6.45, 7) is 0.